The summed E-state index contributed by atoms with van der Waals surface area (Å²) in [6, 6.07) is 1.56. The third-order valence-electron chi connectivity index (χ3n) is 1.65. The van der Waals surface area contributed by atoms with Crippen LogP contribution in [0.4, 0.5) is 0 Å². The van der Waals surface area contributed by atoms with Crippen LogP contribution in [0.25, 0.3) is 0 Å². The number of carboxylic acids is 1. The van der Waals surface area contributed by atoms with Gasteiger partial charge in [-0.05, 0) is 13.0 Å². The molecule has 0 aliphatic carbocycles. The van der Waals surface area contributed by atoms with Gasteiger partial charge in [-0.1, -0.05) is 0 Å². The predicted molar refractivity (Wildman–Crippen MR) is 41.9 cm³/mol. The first-order valence-electron chi connectivity index (χ1n) is 3.52. The molecule has 4 heteroatoms. The molecule has 0 aliphatic heterocycles. The van der Waals surface area contributed by atoms with Crippen molar-refractivity contribution in [2.24, 2.45) is 5.92 Å². The fourth-order valence-corrected chi connectivity index (χ4v) is 0.839. The topological polar surface area (TPSA) is 70.2 Å². The molecule has 1 unspecified atom stereocenters. The van der Waals surface area contributed by atoms with Crippen molar-refractivity contribution >= 4 is 11.8 Å². The van der Waals surface area contributed by atoms with Gasteiger partial charge in [0.25, 0.3) is 0 Å². The molecule has 4 nitrogen and oxygen atoms in total. The Hall–Kier alpha value is -1.58. The van der Waals surface area contributed by atoms with Gasteiger partial charge in [-0.2, -0.15) is 0 Å². The van der Waals surface area contributed by atoms with E-state index in [9.17, 15) is 9.59 Å². The molecule has 12 heavy (non-hydrogen) atoms. The van der Waals surface area contributed by atoms with Crippen molar-refractivity contribution in [1.82, 2.24) is 4.98 Å². The summed E-state index contributed by atoms with van der Waals surface area (Å²) in [5.74, 6) is -2.44. The number of carbonyl (C=O) groups is 2. The number of aromatic amines is 1. The molecule has 0 aliphatic rings. The lowest BCUT2D eigenvalue weighted by molar-refractivity contribution is -0.139. The van der Waals surface area contributed by atoms with Crippen LogP contribution in [-0.4, -0.2) is 21.8 Å². The summed E-state index contributed by atoms with van der Waals surface area (Å²) in [5.41, 5.74) is 0.407. The van der Waals surface area contributed by atoms with Crippen molar-refractivity contribution in [3.8, 4) is 0 Å². The Kier molecular flexibility index (Phi) is 2.28. The summed E-state index contributed by atoms with van der Waals surface area (Å²) in [6.07, 6.45) is 3.07. The van der Waals surface area contributed by atoms with Crippen molar-refractivity contribution in [3.05, 3.63) is 24.0 Å². The van der Waals surface area contributed by atoms with Gasteiger partial charge in [0.05, 0.1) is 0 Å². The van der Waals surface area contributed by atoms with E-state index in [1.165, 1.54) is 13.1 Å². The first kappa shape index (κ1) is 8.52. The zero-order valence-corrected chi connectivity index (χ0v) is 6.57. The van der Waals surface area contributed by atoms with Crippen LogP contribution in [0.5, 0.6) is 0 Å². The Balaban J connectivity index is 2.79. The van der Waals surface area contributed by atoms with Gasteiger partial charge in [0.2, 0.25) is 0 Å². The molecule has 0 bridgehead atoms. The first-order valence-corrected chi connectivity index (χ1v) is 3.52. The van der Waals surface area contributed by atoms with Gasteiger partial charge in [-0.15, -0.1) is 0 Å². The van der Waals surface area contributed by atoms with E-state index in [-0.39, 0.29) is 5.78 Å². The second-order valence-electron chi connectivity index (χ2n) is 2.52. The van der Waals surface area contributed by atoms with Crippen molar-refractivity contribution in [2.75, 3.05) is 0 Å². The van der Waals surface area contributed by atoms with E-state index in [1.54, 1.807) is 12.3 Å². The molecule has 1 atom stereocenters. The van der Waals surface area contributed by atoms with Crippen LogP contribution in [0.1, 0.15) is 17.3 Å². The van der Waals surface area contributed by atoms with E-state index in [0.29, 0.717) is 5.56 Å². The number of hydrogen-bond donors (Lipinski definition) is 2. The Bertz CT molecular complexity index is 289. The van der Waals surface area contributed by atoms with Crippen LogP contribution in [-0.2, 0) is 4.79 Å². The predicted octanol–water partition coefficient (Wildman–Crippen LogP) is 0.918. The number of Topliss-reactive ketones (excluding diaryl/α,β-unsaturated/α-hetero) is 1. The van der Waals surface area contributed by atoms with Crippen LogP contribution in [0.2, 0.25) is 0 Å². The van der Waals surface area contributed by atoms with Crippen LogP contribution < -0.4 is 0 Å². The number of carbonyl (C=O) groups excluding carboxylic acids is 1. The number of H-pyrrole nitrogens is 1. The zero-order valence-electron chi connectivity index (χ0n) is 6.57. The minimum Gasteiger partial charge on any atom is -0.481 e. The van der Waals surface area contributed by atoms with Gasteiger partial charge in [0, 0.05) is 18.0 Å². The number of aliphatic carboxylic acids is 1. The molecule has 0 aromatic carbocycles. The first-order chi connectivity index (χ1) is 5.63. The van der Waals surface area contributed by atoms with Crippen molar-refractivity contribution in [1.29, 1.82) is 0 Å². The van der Waals surface area contributed by atoms with Crippen LogP contribution in [0, 0.1) is 5.92 Å². The number of ketones is 1. The van der Waals surface area contributed by atoms with E-state index >= 15 is 0 Å². The highest BCUT2D eigenvalue weighted by Crippen LogP contribution is 2.07. The molecule has 64 valence electrons. The molecule has 0 saturated heterocycles. The molecular weight excluding hydrogens is 158 g/mol. The van der Waals surface area contributed by atoms with E-state index < -0.39 is 11.9 Å². The second-order valence-corrected chi connectivity index (χ2v) is 2.52. The largest absolute Gasteiger partial charge is 0.481 e. The summed E-state index contributed by atoms with van der Waals surface area (Å²) < 4.78 is 0. The van der Waals surface area contributed by atoms with Gasteiger partial charge in [-0.3, -0.25) is 9.59 Å². The van der Waals surface area contributed by atoms with E-state index in [4.69, 9.17) is 5.11 Å². The normalized spacial score (nSPS) is 12.4. The summed E-state index contributed by atoms with van der Waals surface area (Å²) in [5, 5.41) is 8.52. The van der Waals surface area contributed by atoms with Gasteiger partial charge in [0.15, 0.2) is 5.78 Å². The Morgan fingerprint density at radius 1 is 1.58 bits per heavy atom. The van der Waals surface area contributed by atoms with Crippen LogP contribution in [0.3, 0.4) is 0 Å². The third-order valence-corrected chi connectivity index (χ3v) is 1.65. The van der Waals surface area contributed by atoms with Crippen molar-refractivity contribution in [3.63, 3.8) is 0 Å². The molecule has 1 rings (SSSR count). The van der Waals surface area contributed by atoms with Crippen molar-refractivity contribution < 1.29 is 14.7 Å². The van der Waals surface area contributed by atoms with Crippen molar-refractivity contribution in [2.45, 2.75) is 6.92 Å². The van der Waals surface area contributed by atoms with Gasteiger partial charge in [0.1, 0.15) is 5.92 Å². The molecule has 1 aromatic rings. The lowest BCUT2D eigenvalue weighted by Crippen LogP contribution is -2.19. The smallest absolute Gasteiger partial charge is 0.314 e. The fraction of sp³-hybridized carbons (Fsp3) is 0.250. The summed E-state index contributed by atoms with van der Waals surface area (Å²) in [4.78, 5) is 24.3. The van der Waals surface area contributed by atoms with Crippen LogP contribution in [0.15, 0.2) is 18.5 Å². The van der Waals surface area contributed by atoms with Crippen LogP contribution >= 0.6 is 0 Å². The zero-order chi connectivity index (χ0) is 9.14. The SMILES string of the molecule is CC(C(=O)O)C(=O)c1cc[nH]c1. The molecule has 0 fully saturated rings. The highest BCUT2D eigenvalue weighted by atomic mass is 16.4. The number of carboxylic acid groups (broad SMARTS) is 1. The van der Waals surface area contributed by atoms with E-state index in [0.717, 1.165) is 0 Å². The second kappa shape index (κ2) is 3.21. The average Bonchev–Trinajstić information content (AvgIpc) is 2.53. The third kappa shape index (κ3) is 1.53. The number of hydrogen-bond acceptors (Lipinski definition) is 2. The molecule has 1 heterocycles. The molecule has 2 N–H and O–H groups in total. The van der Waals surface area contributed by atoms with E-state index in [1.807, 2.05) is 0 Å². The highest BCUT2D eigenvalue weighted by molar-refractivity contribution is 6.07. The minimum atomic E-state index is -1.10. The molecular formula is C8H9NO3. The monoisotopic (exact) mass is 167 g/mol. The standard InChI is InChI=1S/C8H9NO3/c1-5(8(11)12)7(10)6-2-3-9-4-6/h2-5,9H,1H3,(H,11,12). The number of rotatable bonds is 3. The maximum Gasteiger partial charge on any atom is 0.314 e. The molecule has 0 saturated carbocycles. The number of nitrogens with one attached hydrogen (secondary N) is 1. The average molecular weight is 167 g/mol. The van der Waals surface area contributed by atoms with Gasteiger partial charge < -0.3 is 10.1 Å². The lowest BCUT2D eigenvalue weighted by atomic mass is 10.0. The molecule has 0 spiro atoms. The van der Waals surface area contributed by atoms with E-state index in [2.05, 4.69) is 4.98 Å². The molecule has 1 aromatic heterocycles. The summed E-state index contributed by atoms with van der Waals surface area (Å²) in [6.45, 7) is 1.37. The molecule has 0 radical (unpaired) electrons. The maximum atomic E-state index is 11.2. The Morgan fingerprint density at radius 2 is 2.25 bits per heavy atom. The summed E-state index contributed by atoms with van der Waals surface area (Å²) >= 11 is 0. The van der Waals surface area contributed by atoms with Gasteiger partial charge in [-0.25, -0.2) is 0 Å². The minimum absolute atomic E-state index is 0.372. The lowest BCUT2D eigenvalue weighted by Gasteiger charge is -2.01. The maximum absolute atomic E-state index is 11.2. The van der Waals surface area contributed by atoms with Gasteiger partial charge >= 0.3 is 5.97 Å². The Morgan fingerprint density at radius 3 is 2.67 bits per heavy atom. The highest BCUT2D eigenvalue weighted by Gasteiger charge is 2.21. The summed E-state index contributed by atoms with van der Waals surface area (Å²) in [7, 11) is 0. The molecule has 0 amide bonds. The Labute approximate surface area is 69.2 Å². The quantitative estimate of drug-likeness (QED) is 0.519. The number of aromatic nitrogens is 1. The fourth-order valence-electron chi connectivity index (χ4n) is 0.839.